The molecule has 0 aliphatic carbocycles. The maximum Gasteiger partial charge on any atom is 0.254 e. The minimum Gasteiger partial charge on any atom is -0.382 e. The van der Waals surface area contributed by atoms with Crippen molar-refractivity contribution in [2.24, 2.45) is 0 Å². The highest BCUT2D eigenvalue weighted by Crippen LogP contribution is 2.23. The summed E-state index contributed by atoms with van der Waals surface area (Å²) in [6, 6.07) is 7.77. The maximum absolute atomic E-state index is 13.0. The zero-order valence-corrected chi connectivity index (χ0v) is 15.0. The Hall–Kier alpha value is -2.18. The Balaban J connectivity index is 1.75. The Labute approximate surface area is 148 Å². The van der Waals surface area contributed by atoms with Crippen LogP contribution in [0.5, 0.6) is 0 Å². The van der Waals surface area contributed by atoms with Crippen molar-refractivity contribution in [2.45, 2.75) is 32.1 Å². The standard InChI is InChI=1S/C19H25N3O3/c1-19(2)13-22(11-17(25-19)12-24-3)18(23)16-6-4-5-15(9-16)10-21-8-7-20-14-21/h4-9,14,17H,10-13H2,1-3H3/t17-/m1/s1. The Morgan fingerprint density at radius 2 is 2.28 bits per heavy atom. The van der Waals surface area contributed by atoms with Gasteiger partial charge in [-0.2, -0.15) is 0 Å². The van der Waals surface area contributed by atoms with E-state index in [1.165, 1.54) is 0 Å². The molecule has 2 aromatic rings. The number of carbonyl (C=O) groups is 1. The molecule has 1 aromatic heterocycles. The lowest BCUT2D eigenvalue weighted by Gasteiger charge is -2.42. The third kappa shape index (κ3) is 4.46. The van der Waals surface area contributed by atoms with E-state index >= 15 is 0 Å². The van der Waals surface area contributed by atoms with Crippen molar-refractivity contribution in [2.75, 3.05) is 26.8 Å². The normalized spacial score (nSPS) is 19.8. The summed E-state index contributed by atoms with van der Waals surface area (Å²) in [4.78, 5) is 18.9. The average Bonchev–Trinajstić information content (AvgIpc) is 3.06. The first-order valence-corrected chi connectivity index (χ1v) is 8.47. The third-order valence-electron chi connectivity index (χ3n) is 4.22. The molecule has 25 heavy (non-hydrogen) atoms. The van der Waals surface area contributed by atoms with Gasteiger partial charge in [0.1, 0.15) is 0 Å². The van der Waals surface area contributed by atoms with Crippen LogP contribution in [0.15, 0.2) is 43.0 Å². The summed E-state index contributed by atoms with van der Waals surface area (Å²) in [5.41, 5.74) is 1.39. The number of nitrogens with zero attached hydrogens (tertiary/aromatic N) is 3. The molecule has 1 aliphatic rings. The minimum atomic E-state index is -0.383. The Bertz CT molecular complexity index is 712. The second kappa shape index (κ2) is 7.37. The van der Waals surface area contributed by atoms with Crippen molar-refractivity contribution in [1.29, 1.82) is 0 Å². The van der Waals surface area contributed by atoms with E-state index in [2.05, 4.69) is 4.98 Å². The first-order valence-electron chi connectivity index (χ1n) is 8.47. The molecule has 0 unspecified atom stereocenters. The number of aromatic nitrogens is 2. The highest BCUT2D eigenvalue weighted by molar-refractivity contribution is 5.94. The SMILES string of the molecule is COC[C@H]1CN(C(=O)c2cccc(Cn3ccnc3)c2)CC(C)(C)O1. The molecule has 1 amide bonds. The number of imidazole rings is 1. The van der Waals surface area contributed by atoms with Crippen molar-refractivity contribution in [3.8, 4) is 0 Å². The Morgan fingerprint density at radius 1 is 1.44 bits per heavy atom. The second-order valence-corrected chi connectivity index (χ2v) is 7.08. The molecule has 1 saturated heterocycles. The lowest BCUT2D eigenvalue weighted by atomic mass is 10.0. The van der Waals surface area contributed by atoms with Crippen molar-refractivity contribution in [3.63, 3.8) is 0 Å². The van der Waals surface area contributed by atoms with Crippen molar-refractivity contribution in [1.82, 2.24) is 14.5 Å². The van der Waals surface area contributed by atoms with Gasteiger partial charge in [-0.15, -0.1) is 0 Å². The number of hydrogen-bond acceptors (Lipinski definition) is 4. The van der Waals surface area contributed by atoms with Crippen molar-refractivity contribution >= 4 is 5.91 Å². The van der Waals surface area contributed by atoms with E-state index in [1.807, 2.05) is 53.8 Å². The van der Waals surface area contributed by atoms with Gasteiger partial charge in [-0.05, 0) is 31.5 Å². The molecular weight excluding hydrogens is 318 g/mol. The summed E-state index contributed by atoms with van der Waals surface area (Å²) < 4.78 is 13.2. The fraction of sp³-hybridized carbons (Fsp3) is 0.474. The summed E-state index contributed by atoms with van der Waals surface area (Å²) in [5, 5.41) is 0. The van der Waals surface area contributed by atoms with Crippen LogP contribution in [0.4, 0.5) is 0 Å². The molecule has 0 saturated carbocycles. The summed E-state index contributed by atoms with van der Waals surface area (Å²) in [6.45, 7) is 6.30. The molecular formula is C19H25N3O3. The van der Waals surface area contributed by atoms with E-state index in [4.69, 9.17) is 9.47 Å². The Morgan fingerprint density at radius 3 is 3.00 bits per heavy atom. The highest BCUT2D eigenvalue weighted by atomic mass is 16.5. The van der Waals surface area contributed by atoms with E-state index in [-0.39, 0.29) is 17.6 Å². The molecule has 134 valence electrons. The molecule has 1 atom stereocenters. The number of hydrogen-bond donors (Lipinski definition) is 0. The molecule has 1 aromatic carbocycles. The van der Waals surface area contributed by atoms with Crippen LogP contribution in [-0.2, 0) is 16.0 Å². The van der Waals surface area contributed by atoms with E-state index in [1.54, 1.807) is 19.6 Å². The molecule has 0 bridgehead atoms. The number of ether oxygens (including phenoxy) is 2. The van der Waals surface area contributed by atoms with E-state index in [0.29, 0.717) is 31.8 Å². The van der Waals surface area contributed by atoms with Gasteiger partial charge in [0, 0.05) is 44.7 Å². The van der Waals surface area contributed by atoms with Crippen LogP contribution in [0.1, 0.15) is 29.8 Å². The molecule has 1 fully saturated rings. The van der Waals surface area contributed by atoms with E-state index < -0.39 is 0 Å². The second-order valence-electron chi connectivity index (χ2n) is 7.08. The Kier molecular flexibility index (Phi) is 5.20. The fourth-order valence-corrected chi connectivity index (χ4v) is 3.30. The summed E-state index contributed by atoms with van der Waals surface area (Å²) in [6.07, 6.45) is 5.33. The van der Waals surface area contributed by atoms with Gasteiger partial charge in [0.15, 0.2) is 0 Å². The molecule has 3 rings (SSSR count). The third-order valence-corrected chi connectivity index (χ3v) is 4.22. The number of morpholine rings is 1. The van der Waals surface area contributed by atoms with Crippen LogP contribution in [0.2, 0.25) is 0 Å². The molecule has 0 radical (unpaired) electrons. The molecule has 1 aliphatic heterocycles. The first kappa shape index (κ1) is 17.6. The lowest BCUT2D eigenvalue weighted by Crippen LogP contribution is -2.55. The van der Waals surface area contributed by atoms with Gasteiger partial charge in [0.05, 0.1) is 24.6 Å². The van der Waals surface area contributed by atoms with Gasteiger partial charge in [-0.25, -0.2) is 4.98 Å². The van der Waals surface area contributed by atoms with Crippen LogP contribution in [-0.4, -0.2) is 58.9 Å². The van der Waals surface area contributed by atoms with Crippen molar-refractivity contribution in [3.05, 3.63) is 54.1 Å². The number of methoxy groups -OCH3 is 1. The highest BCUT2D eigenvalue weighted by Gasteiger charge is 2.35. The van der Waals surface area contributed by atoms with Crippen LogP contribution < -0.4 is 0 Å². The largest absolute Gasteiger partial charge is 0.382 e. The van der Waals surface area contributed by atoms with Crippen LogP contribution in [0.3, 0.4) is 0 Å². The summed E-state index contributed by atoms with van der Waals surface area (Å²) in [5.74, 6) is 0.0324. The van der Waals surface area contributed by atoms with Gasteiger partial charge >= 0.3 is 0 Å². The van der Waals surface area contributed by atoms with Gasteiger partial charge < -0.3 is 18.9 Å². The molecule has 6 heteroatoms. The van der Waals surface area contributed by atoms with Crippen LogP contribution in [0, 0.1) is 0 Å². The molecule has 6 nitrogen and oxygen atoms in total. The number of benzene rings is 1. The molecule has 0 spiro atoms. The zero-order chi connectivity index (χ0) is 17.9. The van der Waals surface area contributed by atoms with Gasteiger partial charge in [-0.1, -0.05) is 12.1 Å². The van der Waals surface area contributed by atoms with Crippen LogP contribution >= 0.6 is 0 Å². The lowest BCUT2D eigenvalue weighted by molar-refractivity contribution is -0.143. The first-order chi connectivity index (χ1) is 12.0. The molecule has 0 N–H and O–H groups in total. The predicted octanol–water partition coefficient (Wildman–Crippen LogP) is 2.20. The number of amides is 1. The summed E-state index contributed by atoms with van der Waals surface area (Å²) >= 11 is 0. The van der Waals surface area contributed by atoms with E-state index in [9.17, 15) is 4.79 Å². The number of carbonyl (C=O) groups excluding carboxylic acids is 1. The quantitative estimate of drug-likeness (QED) is 0.835. The number of rotatable bonds is 5. The van der Waals surface area contributed by atoms with Crippen molar-refractivity contribution < 1.29 is 14.3 Å². The zero-order valence-electron chi connectivity index (χ0n) is 15.0. The topological polar surface area (TPSA) is 56.6 Å². The van der Waals surface area contributed by atoms with Crippen LogP contribution in [0.25, 0.3) is 0 Å². The average molecular weight is 343 g/mol. The van der Waals surface area contributed by atoms with Gasteiger partial charge in [0.2, 0.25) is 0 Å². The van der Waals surface area contributed by atoms with E-state index in [0.717, 1.165) is 5.56 Å². The fourth-order valence-electron chi connectivity index (χ4n) is 3.30. The minimum absolute atomic E-state index is 0.0324. The monoisotopic (exact) mass is 343 g/mol. The predicted molar refractivity (Wildman–Crippen MR) is 94.5 cm³/mol. The smallest absolute Gasteiger partial charge is 0.254 e. The van der Waals surface area contributed by atoms with Gasteiger partial charge in [0.25, 0.3) is 5.91 Å². The summed E-state index contributed by atoms with van der Waals surface area (Å²) in [7, 11) is 1.65. The maximum atomic E-state index is 13.0. The molecule has 2 heterocycles. The van der Waals surface area contributed by atoms with Gasteiger partial charge in [-0.3, -0.25) is 4.79 Å².